The maximum Gasteiger partial charge on any atom is 0.258 e. The lowest BCUT2D eigenvalue weighted by molar-refractivity contribution is -0.124. The van der Waals surface area contributed by atoms with E-state index in [1.807, 2.05) is 0 Å². The van der Waals surface area contributed by atoms with E-state index in [4.69, 9.17) is 10.5 Å². The monoisotopic (exact) mass is 294 g/mol. The quantitative estimate of drug-likeness (QED) is 0.877. The van der Waals surface area contributed by atoms with Crippen molar-refractivity contribution in [1.29, 1.82) is 0 Å². The van der Waals surface area contributed by atoms with Gasteiger partial charge in [0.25, 0.3) is 5.91 Å². The van der Waals surface area contributed by atoms with Crippen LogP contribution in [0.5, 0.6) is 5.75 Å². The summed E-state index contributed by atoms with van der Waals surface area (Å²) in [4.78, 5) is 11.9. The van der Waals surface area contributed by atoms with E-state index in [1.54, 1.807) is 13.0 Å². The zero-order chi connectivity index (χ0) is 15.2. The lowest BCUT2D eigenvalue weighted by atomic mass is 9.95. The predicted molar refractivity (Wildman–Crippen MR) is 79.5 cm³/mol. The predicted octanol–water partition coefficient (Wildman–Crippen LogP) is 2.67. The Morgan fingerprint density at radius 1 is 1.43 bits per heavy atom. The minimum absolute atomic E-state index is 0.111. The molecule has 5 heteroatoms. The van der Waals surface area contributed by atoms with Crippen molar-refractivity contribution in [2.24, 2.45) is 5.73 Å². The van der Waals surface area contributed by atoms with E-state index in [0.717, 1.165) is 25.7 Å². The molecular formula is C16H23FN2O2. The molecule has 1 aromatic rings. The Balaban J connectivity index is 1.89. The molecular weight excluding hydrogens is 271 g/mol. The van der Waals surface area contributed by atoms with Gasteiger partial charge in [0.2, 0.25) is 0 Å². The van der Waals surface area contributed by atoms with Crippen molar-refractivity contribution in [3.05, 3.63) is 29.6 Å². The van der Waals surface area contributed by atoms with Crippen molar-refractivity contribution >= 4 is 5.91 Å². The molecule has 2 rings (SSSR count). The minimum atomic E-state index is -0.401. The van der Waals surface area contributed by atoms with Crippen LogP contribution in [0.4, 0.5) is 4.39 Å². The average Bonchev–Trinajstić information content (AvgIpc) is 2.46. The number of hydrogen-bond donors (Lipinski definition) is 2. The lowest BCUT2D eigenvalue weighted by Gasteiger charge is -2.23. The molecule has 0 spiro atoms. The Morgan fingerprint density at radius 3 is 2.81 bits per heavy atom. The third-order valence-corrected chi connectivity index (χ3v) is 3.80. The lowest BCUT2D eigenvalue weighted by Crippen LogP contribution is -2.39. The van der Waals surface area contributed by atoms with Gasteiger partial charge in [0.05, 0.1) is 0 Å². The molecule has 1 aliphatic rings. The number of amides is 1. The van der Waals surface area contributed by atoms with Gasteiger partial charge in [-0.2, -0.15) is 0 Å². The van der Waals surface area contributed by atoms with Crippen LogP contribution in [-0.2, 0) is 4.79 Å². The highest BCUT2D eigenvalue weighted by molar-refractivity contribution is 5.77. The number of nitrogens with one attached hydrogen (secondary N) is 1. The molecule has 0 heterocycles. The van der Waals surface area contributed by atoms with Crippen molar-refractivity contribution in [2.75, 3.05) is 6.61 Å². The van der Waals surface area contributed by atoms with E-state index in [9.17, 15) is 9.18 Å². The second-order valence-electron chi connectivity index (χ2n) is 5.66. The molecule has 0 aliphatic heterocycles. The number of nitrogens with two attached hydrogens (primary N) is 1. The third kappa shape index (κ3) is 4.70. The zero-order valence-corrected chi connectivity index (χ0v) is 12.4. The molecule has 0 saturated heterocycles. The Hall–Kier alpha value is -1.62. The van der Waals surface area contributed by atoms with Gasteiger partial charge in [-0.05, 0) is 25.8 Å². The summed E-state index contributed by atoms with van der Waals surface area (Å²) in [7, 11) is 0. The minimum Gasteiger partial charge on any atom is -0.483 e. The summed E-state index contributed by atoms with van der Waals surface area (Å²) in [5.74, 6) is -0.229. The first-order chi connectivity index (χ1) is 10.1. The molecule has 116 valence electrons. The first kappa shape index (κ1) is 15.8. The van der Waals surface area contributed by atoms with Crippen LogP contribution in [0.25, 0.3) is 0 Å². The molecule has 4 nitrogen and oxygen atoms in total. The van der Waals surface area contributed by atoms with Crippen LogP contribution in [0.3, 0.4) is 0 Å². The van der Waals surface area contributed by atoms with Crippen molar-refractivity contribution in [3.63, 3.8) is 0 Å². The number of hydrogen-bond acceptors (Lipinski definition) is 3. The van der Waals surface area contributed by atoms with Gasteiger partial charge in [0.15, 0.2) is 6.61 Å². The van der Waals surface area contributed by atoms with Gasteiger partial charge in [-0.25, -0.2) is 4.39 Å². The summed E-state index contributed by atoms with van der Waals surface area (Å²) in [5.41, 5.74) is 6.51. The first-order valence-electron chi connectivity index (χ1n) is 7.53. The van der Waals surface area contributed by atoms with E-state index >= 15 is 0 Å². The van der Waals surface area contributed by atoms with Crippen molar-refractivity contribution in [1.82, 2.24) is 5.32 Å². The maximum absolute atomic E-state index is 13.3. The highest BCUT2D eigenvalue weighted by Gasteiger charge is 2.16. The molecule has 1 aliphatic carbocycles. The van der Waals surface area contributed by atoms with Crippen molar-refractivity contribution < 1.29 is 13.9 Å². The Kier molecular flexibility index (Phi) is 5.56. The third-order valence-electron chi connectivity index (χ3n) is 3.80. The van der Waals surface area contributed by atoms with Gasteiger partial charge in [0.1, 0.15) is 11.6 Å². The summed E-state index contributed by atoms with van der Waals surface area (Å²) in [5, 5.41) is 2.96. The highest BCUT2D eigenvalue weighted by atomic mass is 19.1. The summed E-state index contributed by atoms with van der Waals surface area (Å²) in [6, 6.07) is 4.17. The van der Waals surface area contributed by atoms with Crippen molar-refractivity contribution in [2.45, 2.75) is 51.1 Å². The topological polar surface area (TPSA) is 64.3 Å². The molecule has 1 aromatic carbocycles. The van der Waals surface area contributed by atoms with Crippen LogP contribution in [0.1, 0.15) is 50.6 Å². The summed E-state index contributed by atoms with van der Waals surface area (Å²) < 4.78 is 18.7. The fourth-order valence-corrected chi connectivity index (χ4v) is 2.67. The number of carbonyl (C=O) groups excluding carboxylic acids is 1. The smallest absolute Gasteiger partial charge is 0.258 e. The van der Waals surface area contributed by atoms with Gasteiger partial charge in [-0.1, -0.05) is 25.3 Å². The summed E-state index contributed by atoms with van der Waals surface area (Å²) >= 11 is 0. The normalized spacial score (nSPS) is 17.3. The molecule has 1 saturated carbocycles. The van der Waals surface area contributed by atoms with Gasteiger partial charge < -0.3 is 15.8 Å². The van der Waals surface area contributed by atoms with Crippen LogP contribution in [0.2, 0.25) is 0 Å². The van der Waals surface area contributed by atoms with Crippen LogP contribution < -0.4 is 15.8 Å². The average molecular weight is 294 g/mol. The fourth-order valence-electron chi connectivity index (χ4n) is 2.67. The van der Waals surface area contributed by atoms with Crippen LogP contribution >= 0.6 is 0 Å². The number of halogens is 1. The number of ether oxygens (including phenoxy) is 1. The van der Waals surface area contributed by atoms with Crippen LogP contribution in [-0.4, -0.2) is 18.6 Å². The Labute approximate surface area is 124 Å². The maximum atomic E-state index is 13.3. The Morgan fingerprint density at radius 2 is 2.14 bits per heavy atom. The van der Waals surface area contributed by atoms with Crippen molar-refractivity contribution in [3.8, 4) is 5.75 Å². The van der Waals surface area contributed by atoms with Crippen LogP contribution in [0, 0.1) is 5.82 Å². The van der Waals surface area contributed by atoms with Gasteiger partial charge in [0, 0.05) is 23.7 Å². The zero-order valence-electron chi connectivity index (χ0n) is 12.4. The van der Waals surface area contributed by atoms with E-state index in [1.165, 1.54) is 18.6 Å². The number of benzene rings is 1. The van der Waals surface area contributed by atoms with Gasteiger partial charge in [-0.15, -0.1) is 0 Å². The second-order valence-corrected chi connectivity index (χ2v) is 5.66. The van der Waals surface area contributed by atoms with E-state index in [0.29, 0.717) is 11.3 Å². The van der Waals surface area contributed by atoms with Gasteiger partial charge >= 0.3 is 0 Å². The first-order valence-corrected chi connectivity index (χ1v) is 7.53. The second kappa shape index (κ2) is 7.41. The summed E-state index contributed by atoms with van der Waals surface area (Å²) in [6.07, 6.45) is 5.60. The van der Waals surface area contributed by atoms with E-state index < -0.39 is 5.82 Å². The standard InChI is InChI=1S/C16H23FN2O2/c1-11(18)14-8-7-12(17)9-15(14)21-10-16(20)19-13-5-3-2-4-6-13/h7-9,11,13H,2-6,10,18H2,1H3,(H,19,20). The molecule has 0 aromatic heterocycles. The molecule has 0 bridgehead atoms. The molecule has 1 unspecified atom stereocenters. The SMILES string of the molecule is CC(N)c1ccc(F)cc1OCC(=O)NC1CCCCC1. The van der Waals surface area contributed by atoms with Crippen LogP contribution in [0.15, 0.2) is 18.2 Å². The molecule has 1 atom stereocenters. The fraction of sp³-hybridized carbons (Fsp3) is 0.562. The molecule has 1 amide bonds. The van der Waals surface area contributed by atoms with E-state index in [-0.39, 0.29) is 24.6 Å². The number of rotatable bonds is 5. The molecule has 3 N–H and O–H groups in total. The Bertz CT molecular complexity index is 485. The highest BCUT2D eigenvalue weighted by Crippen LogP contribution is 2.24. The summed E-state index contributed by atoms with van der Waals surface area (Å²) in [6.45, 7) is 1.68. The van der Waals surface area contributed by atoms with E-state index in [2.05, 4.69) is 5.32 Å². The number of carbonyl (C=O) groups is 1. The molecule has 0 radical (unpaired) electrons. The van der Waals surface area contributed by atoms with Gasteiger partial charge in [-0.3, -0.25) is 4.79 Å². The largest absolute Gasteiger partial charge is 0.483 e. The molecule has 1 fully saturated rings. The molecule has 21 heavy (non-hydrogen) atoms.